The van der Waals surface area contributed by atoms with Gasteiger partial charge in [-0.3, -0.25) is 4.99 Å². The van der Waals surface area contributed by atoms with Crippen LogP contribution in [-0.2, 0) is 9.47 Å². The lowest BCUT2D eigenvalue weighted by Gasteiger charge is -2.09. The number of hydrogen-bond acceptors (Lipinski definition) is 3. The van der Waals surface area contributed by atoms with E-state index in [0.29, 0.717) is 6.54 Å². The summed E-state index contributed by atoms with van der Waals surface area (Å²) >= 11 is 3.44. The Morgan fingerprint density at radius 3 is 2.60 bits per heavy atom. The minimum Gasteiger partial charge on any atom is -0.354 e. The van der Waals surface area contributed by atoms with Crippen molar-refractivity contribution in [1.82, 2.24) is 0 Å². The predicted octanol–water partition coefficient (Wildman–Crippen LogP) is 2.49. The van der Waals surface area contributed by atoms with E-state index < -0.39 is 0 Å². The number of halogens is 1. The fraction of sp³-hybridized carbons (Fsp3) is 0.364. The van der Waals surface area contributed by atoms with Gasteiger partial charge in [0.1, 0.15) is 0 Å². The van der Waals surface area contributed by atoms with Gasteiger partial charge in [-0.1, -0.05) is 34.1 Å². The number of benzene rings is 1. The van der Waals surface area contributed by atoms with E-state index in [1.165, 1.54) is 0 Å². The van der Waals surface area contributed by atoms with Crippen LogP contribution in [0.15, 0.2) is 33.7 Å². The average molecular weight is 272 g/mol. The molecular weight excluding hydrogens is 258 g/mol. The van der Waals surface area contributed by atoms with E-state index in [1.807, 2.05) is 24.3 Å². The molecule has 0 saturated heterocycles. The molecule has 0 aromatic heterocycles. The monoisotopic (exact) mass is 271 g/mol. The Bertz CT molecular complexity index is 324. The third kappa shape index (κ3) is 4.11. The zero-order chi connectivity index (χ0) is 11.1. The van der Waals surface area contributed by atoms with Gasteiger partial charge in [0.05, 0.1) is 6.54 Å². The van der Waals surface area contributed by atoms with Crippen LogP contribution in [0.3, 0.4) is 0 Å². The summed E-state index contributed by atoms with van der Waals surface area (Å²) in [5.74, 6) is 0. The van der Waals surface area contributed by atoms with E-state index in [-0.39, 0.29) is 6.29 Å². The van der Waals surface area contributed by atoms with Crippen LogP contribution in [-0.4, -0.2) is 33.3 Å². The first-order valence-electron chi connectivity index (χ1n) is 4.58. The normalized spacial score (nSPS) is 11.5. The maximum atomic E-state index is 5.02. The molecule has 0 atom stereocenters. The molecular formula is C11H14BrNO2. The summed E-state index contributed by atoms with van der Waals surface area (Å²) in [6.45, 7) is 0.494. The van der Waals surface area contributed by atoms with Gasteiger partial charge in [-0.25, -0.2) is 0 Å². The van der Waals surface area contributed by atoms with Crippen LogP contribution < -0.4 is 0 Å². The lowest BCUT2D eigenvalue weighted by molar-refractivity contribution is -0.0936. The molecule has 0 aliphatic heterocycles. The van der Waals surface area contributed by atoms with Gasteiger partial charge in [0.2, 0.25) is 0 Å². The summed E-state index contributed by atoms with van der Waals surface area (Å²) in [6.07, 6.45) is 1.53. The highest BCUT2D eigenvalue weighted by atomic mass is 79.9. The SMILES string of the molecule is COC(CN=Cc1ccccc1Br)OC. The molecule has 0 unspecified atom stereocenters. The lowest BCUT2D eigenvalue weighted by Crippen LogP contribution is -2.16. The van der Waals surface area contributed by atoms with Gasteiger partial charge < -0.3 is 9.47 Å². The Kier molecular flexibility index (Phi) is 5.53. The van der Waals surface area contributed by atoms with E-state index >= 15 is 0 Å². The Morgan fingerprint density at radius 2 is 2.00 bits per heavy atom. The van der Waals surface area contributed by atoms with Gasteiger partial charge in [0.15, 0.2) is 6.29 Å². The first kappa shape index (κ1) is 12.4. The zero-order valence-corrected chi connectivity index (χ0v) is 10.4. The lowest BCUT2D eigenvalue weighted by atomic mass is 10.2. The van der Waals surface area contributed by atoms with Crippen molar-refractivity contribution in [3.05, 3.63) is 34.3 Å². The van der Waals surface area contributed by atoms with E-state index in [2.05, 4.69) is 20.9 Å². The molecule has 0 radical (unpaired) electrons. The summed E-state index contributed by atoms with van der Waals surface area (Å²) in [7, 11) is 3.20. The molecule has 1 aromatic carbocycles. The molecule has 0 bridgehead atoms. The molecule has 0 spiro atoms. The fourth-order valence-corrected chi connectivity index (χ4v) is 1.45. The number of aliphatic imine (C=N–C) groups is 1. The molecule has 1 rings (SSSR count). The van der Waals surface area contributed by atoms with Gasteiger partial charge in [-0.05, 0) is 6.07 Å². The Hall–Kier alpha value is -0.710. The number of rotatable bonds is 5. The second-order valence-electron chi connectivity index (χ2n) is 2.92. The van der Waals surface area contributed by atoms with Gasteiger partial charge in [0.25, 0.3) is 0 Å². The van der Waals surface area contributed by atoms with Crippen molar-refractivity contribution < 1.29 is 9.47 Å². The summed E-state index contributed by atoms with van der Waals surface area (Å²) in [4.78, 5) is 4.24. The summed E-state index contributed by atoms with van der Waals surface area (Å²) in [6, 6.07) is 7.90. The molecule has 1 aromatic rings. The highest BCUT2D eigenvalue weighted by Gasteiger charge is 2.01. The first-order valence-corrected chi connectivity index (χ1v) is 5.37. The van der Waals surface area contributed by atoms with Crippen molar-refractivity contribution in [2.75, 3.05) is 20.8 Å². The second-order valence-corrected chi connectivity index (χ2v) is 3.77. The molecule has 0 aliphatic carbocycles. The van der Waals surface area contributed by atoms with Crippen molar-refractivity contribution in [3.63, 3.8) is 0 Å². The molecule has 0 N–H and O–H groups in total. The van der Waals surface area contributed by atoms with E-state index in [1.54, 1.807) is 20.4 Å². The molecule has 0 heterocycles. The van der Waals surface area contributed by atoms with E-state index in [4.69, 9.17) is 9.47 Å². The summed E-state index contributed by atoms with van der Waals surface area (Å²) in [5.41, 5.74) is 1.04. The fourth-order valence-electron chi connectivity index (χ4n) is 1.06. The number of nitrogens with zero attached hydrogens (tertiary/aromatic N) is 1. The Balaban J connectivity index is 2.54. The van der Waals surface area contributed by atoms with Crippen LogP contribution >= 0.6 is 15.9 Å². The average Bonchev–Trinajstić information content (AvgIpc) is 2.27. The van der Waals surface area contributed by atoms with E-state index in [0.717, 1.165) is 10.0 Å². The van der Waals surface area contributed by atoms with Crippen molar-refractivity contribution >= 4 is 22.1 Å². The minimum atomic E-state index is -0.274. The van der Waals surface area contributed by atoms with Crippen LogP contribution in [0.2, 0.25) is 0 Å². The molecule has 15 heavy (non-hydrogen) atoms. The van der Waals surface area contributed by atoms with Crippen molar-refractivity contribution in [2.24, 2.45) is 4.99 Å². The third-order valence-corrected chi connectivity index (χ3v) is 2.64. The number of hydrogen-bond donors (Lipinski definition) is 0. The van der Waals surface area contributed by atoms with Gasteiger partial charge in [0, 0.05) is 30.5 Å². The van der Waals surface area contributed by atoms with Crippen LogP contribution in [0.5, 0.6) is 0 Å². The number of methoxy groups -OCH3 is 2. The highest BCUT2D eigenvalue weighted by molar-refractivity contribution is 9.10. The van der Waals surface area contributed by atoms with Gasteiger partial charge in [-0.15, -0.1) is 0 Å². The molecule has 3 nitrogen and oxygen atoms in total. The summed E-state index contributed by atoms with van der Waals surface area (Å²) in [5, 5.41) is 0. The smallest absolute Gasteiger partial charge is 0.176 e. The molecule has 0 fully saturated rings. The highest BCUT2D eigenvalue weighted by Crippen LogP contribution is 2.13. The molecule has 0 aliphatic rings. The first-order chi connectivity index (χ1) is 7.27. The van der Waals surface area contributed by atoms with Crippen molar-refractivity contribution in [3.8, 4) is 0 Å². The topological polar surface area (TPSA) is 30.8 Å². The molecule has 0 amide bonds. The van der Waals surface area contributed by atoms with Crippen molar-refractivity contribution in [1.29, 1.82) is 0 Å². The van der Waals surface area contributed by atoms with Crippen molar-refractivity contribution in [2.45, 2.75) is 6.29 Å². The number of ether oxygens (including phenoxy) is 2. The van der Waals surface area contributed by atoms with Gasteiger partial charge in [-0.2, -0.15) is 0 Å². The predicted molar refractivity (Wildman–Crippen MR) is 64.4 cm³/mol. The zero-order valence-electron chi connectivity index (χ0n) is 8.81. The second kappa shape index (κ2) is 6.71. The summed E-state index contributed by atoms with van der Waals surface area (Å²) < 4.78 is 11.1. The maximum absolute atomic E-state index is 5.02. The molecule has 82 valence electrons. The molecule has 0 saturated carbocycles. The van der Waals surface area contributed by atoms with Crippen LogP contribution in [0.1, 0.15) is 5.56 Å². The van der Waals surface area contributed by atoms with Crippen LogP contribution in [0, 0.1) is 0 Å². The van der Waals surface area contributed by atoms with Crippen LogP contribution in [0.25, 0.3) is 0 Å². The largest absolute Gasteiger partial charge is 0.354 e. The van der Waals surface area contributed by atoms with Crippen LogP contribution in [0.4, 0.5) is 0 Å². The Morgan fingerprint density at radius 1 is 1.33 bits per heavy atom. The minimum absolute atomic E-state index is 0.274. The maximum Gasteiger partial charge on any atom is 0.176 e. The standard InChI is InChI=1S/C11H14BrNO2/c1-14-11(15-2)8-13-7-9-5-3-4-6-10(9)12/h3-7,11H,8H2,1-2H3. The van der Waals surface area contributed by atoms with E-state index in [9.17, 15) is 0 Å². The third-order valence-electron chi connectivity index (χ3n) is 1.92. The van der Waals surface area contributed by atoms with Gasteiger partial charge >= 0.3 is 0 Å². The Labute approximate surface area is 98.2 Å². The quantitative estimate of drug-likeness (QED) is 0.609. The molecule has 4 heteroatoms.